The van der Waals surface area contributed by atoms with Gasteiger partial charge in [-0.1, -0.05) is 31.6 Å². The number of rotatable bonds is 2. The summed E-state index contributed by atoms with van der Waals surface area (Å²) in [6.07, 6.45) is 7.92. The molecule has 4 heteroatoms. The molecule has 1 aliphatic carbocycles. The van der Waals surface area contributed by atoms with Gasteiger partial charge in [0.25, 0.3) is 5.91 Å². The molecule has 1 aromatic rings. The van der Waals surface area contributed by atoms with Gasteiger partial charge in [0.1, 0.15) is 0 Å². The first kappa shape index (κ1) is 14.5. The van der Waals surface area contributed by atoms with Crippen LogP contribution in [0.3, 0.4) is 0 Å². The van der Waals surface area contributed by atoms with Crippen molar-refractivity contribution in [2.24, 2.45) is 11.7 Å². The normalized spacial score (nSPS) is 21.7. The van der Waals surface area contributed by atoms with Crippen LogP contribution in [0, 0.1) is 17.8 Å². The summed E-state index contributed by atoms with van der Waals surface area (Å²) in [4.78, 5) is 16.3. The molecule has 0 aliphatic heterocycles. The summed E-state index contributed by atoms with van der Waals surface area (Å²) in [5.41, 5.74) is 6.62. The molecule has 0 bridgehead atoms. The second-order valence-electron chi connectivity index (χ2n) is 5.31. The average molecular weight is 271 g/mol. The Bertz CT molecular complexity index is 530. The summed E-state index contributed by atoms with van der Waals surface area (Å²) in [6, 6.07) is 2.04. The molecule has 0 saturated heterocycles. The summed E-state index contributed by atoms with van der Waals surface area (Å²) in [6.45, 7) is 2.50. The van der Waals surface area contributed by atoms with Crippen LogP contribution in [0.5, 0.6) is 0 Å². The van der Waals surface area contributed by atoms with Gasteiger partial charge >= 0.3 is 0 Å². The summed E-state index contributed by atoms with van der Waals surface area (Å²) < 4.78 is 0. The molecule has 4 nitrogen and oxygen atoms in total. The van der Waals surface area contributed by atoms with Crippen LogP contribution < -0.4 is 11.1 Å². The zero-order valence-electron chi connectivity index (χ0n) is 11.9. The van der Waals surface area contributed by atoms with Gasteiger partial charge in [0.05, 0.1) is 12.1 Å². The zero-order chi connectivity index (χ0) is 14.4. The van der Waals surface area contributed by atoms with E-state index >= 15 is 0 Å². The zero-order valence-corrected chi connectivity index (χ0v) is 11.9. The van der Waals surface area contributed by atoms with Crippen LogP contribution in [-0.2, 0) is 0 Å². The third kappa shape index (κ3) is 3.82. The quantitative estimate of drug-likeness (QED) is 0.804. The van der Waals surface area contributed by atoms with Gasteiger partial charge in [-0.15, -0.1) is 0 Å². The lowest BCUT2D eigenvalue weighted by Gasteiger charge is -2.29. The number of amides is 1. The molecule has 2 atom stereocenters. The van der Waals surface area contributed by atoms with Gasteiger partial charge in [0, 0.05) is 24.0 Å². The van der Waals surface area contributed by atoms with Crippen molar-refractivity contribution in [1.82, 2.24) is 10.3 Å². The van der Waals surface area contributed by atoms with Crippen molar-refractivity contribution in [2.45, 2.75) is 38.6 Å². The molecule has 1 aliphatic rings. The largest absolute Gasteiger partial charge is 0.349 e. The highest BCUT2D eigenvalue weighted by atomic mass is 16.1. The molecule has 0 radical (unpaired) electrons. The number of carbonyl (C=O) groups excluding carboxylic acids is 1. The van der Waals surface area contributed by atoms with E-state index in [2.05, 4.69) is 29.1 Å². The predicted molar refractivity (Wildman–Crippen MR) is 79.1 cm³/mol. The summed E-state index contributed by atoms with van der Waals surface area (Å²) >= 11 is 0. The maximum absolute atomic E-state index is 12.3. The van der Waals surface area contributed by atoms with E-state index in [1.54, 1.807) is 18.5 Å². The molecule has 1 fully saturated rings. The van der Waals surface area contributed by atoms with Crippen molar-refractivity contribution in [1.29, 1.82) is 0 Å². The second kappa shape index (κ2) is 7.06. The van der Waals surface area contributed by atoms with Crippen LogP contribution in [0.25, 0.3) is 0 Å². The Morgan fingerprint density at radius 1 is 1.45 bits per heavy atom. The minimum Gasteiger partial charge on any atom is -0.349 e. The number of aromatic nitrogens is 1. The number of hydrogen-bond acceptors (Lipinski definition) is 3. The highest BCUT2D eigenvalue weighted by Gasteiger charge is 2.23. The lowest BCUT2D eigenvalue weighted by atomic mass is 9.86. The molecule has 1 heterocycles. The fraction of sp³-hybridized carbons (Fsp3) is 0.500. The van der Waals surface area contributed by atoms with Crippen LogP contribution in [0.15, 0.2) is 18.5 Å². The topological polar surface area (TPSA) is 68.0 Å². The number of nitrogens with one attached hydrogen (secondary N) is 1. The van der Waals surface area contributed by atoms with Gasteiger partial charge in [0.15, 0.2) is 0 Å². The predicted octanol–water partition coefficient (Wildman–Crippen LogP) is 1.70. The molecule has 0 aromatic carbocycles. The second-order valence-corrected chi connectivity index (χ2v) is 5.31. The van der Waals surface area contributed by atoms with E-state index in [0.29, 0.717) is 18.0 Å². The fourth-order valence-electron chi connectivity index (χ4n) is 2.57. The molecule has 106 valence electrons. The van der Waals surface area contributed by atoms with E-state index in [1.807, 2.05) is 0 Å². The maximum Gasteiger partial charge on any atom is 0.253 e. The number of carbonyl (C=O) groups is 1. The molecule has 2 rings (SSSR count). The molecule has 20 heavy (non-hydrogen) atoms. The van der Waals surface area contributed by atoms with E-state index in [9.17, 15) is 4.79 Å². The SMILES string of the molecule is CC1CCCCC1NC(=O)c1cncc(C#CCN)c1. The molecule has 1 aromatic heterocycles. The minimum atomic E-state index is -0.0624. The van der Waals surface area contributed by atoms with Crippen molar-refractivity contribution >= 4 is 5.91 Å². The Balaban J connectivity index is 2.05. The molecule has 1 amide bonds. The molecule has 3 N–H and O–H groups in total. The van der Waals surface area contributed by atoms with E-state index in [4.69, 9.17) is 5.73 Å². The third-order valence-electron chi connectivity index (χ3n) is 3.76. The Morgan fingerprint density at radius 2 is 2.25 bits per heavy atom. The molecular formula is C16H21N3O. The summed E-state index contributed by atoms with van der Waals surface area (Å²) in [5.74, 6) is 6.14. The first-order valence-electron chi connectivity index (χ1n) is 7.15. The smallest absolute Gasteiger partial charge is 0.253 e. The van der Waals surface area contributed by atoms with Gasteiger partial charge in [0.2, 0.25) is 0 Å². The van der Waals surface area contributed by atoms with Crippen molar-refractivity contribution in [3.63, 3.8) is 0 Å². The first-order chi connectivity index (χ1) is 9.70. The van der Waals surface area contributed by atoms with Crippen molar-refractivity contribution < 1.29 is 4.79 Å². The van der Waals surface area contributed by atoms with Gasteiger partial charge in [-0.05, 0) is 24.8 Å². The Labute approximate surface area is 120 Å². The molecule has 2 unspecified atom stereocenters. The van der Waals surface area contributed by atoms with E-state index < -0.39 is 0 Å². The van der Waals surface area contributed by atoms with Crippen molar-refractivity contribution in [2.75, 3.05) is 6.54 Å². The van der Waals surface area contributed by atoms with Crippen molar-refractivity contribution in [3.8, 4) is 11.8 Å². The Morgan fingerprint density at radius 3 is 3.00 bits per heavy atom. The van der Waals surface area contributed by atoms with Crippen LogP contribution in [-0.4, -0.2) is 23.5 Å². The van der Waals surface area contributed by atoms with Gasteiger partial charge < -0.3 is 11.1 Å². The van der Waals surface area contributed by atoms with Crippen LogP contribution in [0.4, 0.5) is 0 Å². The number of hydrogen-bond donors (Lipinski definition) is 2. The van der Waals surface area contributed by atoms with Crippen LogP contribution in [0.1, 0.15) is 48.5 Å². The van der Waals surface area contributed by atoms with Crippen LogP contribution >= 0.6 is 0 Å². The highest BCUT2D eigenvalue weighted by Crippen LogP contribution is 2.23. The van der Waals surface area contributed by atoms with E-state index in [0.717, 1.165) is 12.0 Å². The minimum absolute atomic E-state index is 0.0624. The van der Waals surface area contributed by atoms with Gasteiger partial charge in [-0.2, -0.15) is 0 Å². The molecular weight excluding hydrogens is 250 g/mol. The summed E-state index contributed by atoms with van der Waals surface area (Å²) in [5, 5.41) is 3.12. The number of pyridine rings is 1. The Hall–Kier alpha value is -1.86. The summed E-state index contributed by atoms with van der Waals surface area (Å²) in [7, 11) is 0. The first-order valence-corrected chi connectivity index (χ1v) is 7.15. The van der Waals surface area contributed by atoms with Gasteiger partial charge in [-0.3, -0.25) is 9.78 Å². The lowest BCUT2D eigenvalue weighted by Crippen LogP contribution is -2.41. The lowest BCUT2D eigenvalue weighted by molar-refractivity contribution is 0.0910. The maximum atomic E-state index is 12.3. The fourth-order valence-corrected chi connectivity index (χ4v) is 2.57. The van der Waals surface area contributed by atoms with Gasteiger partial charge in [-0.25, -0.2) is 0 Å². The number of nitrogens with zero attached hydrogens (tertiary/aromatic N) is 1. The van der Waals surface area contributed by atoms with E-state index in [-0.39, 0.29) is 11.9 Å². The molecule has 1 saturated carbocycles. The molecule has 0 spiro atoms. The third-order valence-corrected chi connectivity index (χ3v) is 3.76. The van der Waals surface area contributed by atoms with E-state index in [1.165, 1.54) is 19.3 Å². The average Bonchev–Trinajstić information content (AvgIpc) is 2.48. The standard InChI is InChI=1S/C16H21N3O/c1-12-5-2-3-7-15(12)19-16(20)14-9-13(6-4-8-17)10-18-11-14/h9-12,15H,2-3,5,7-8,17H2,1H3,(H,19,20). The van der Waals surface area contributed by atoms with Crippen molar-refractivity contribution in [3.05, 3.63) is 29.6 Å². The highest BCUT2D eigenvalue weighted by molar-refractivity contribution is 5.94. The Kier molecular flexibility index (Phi) is 5.14. The van der Waals surface area contributed by atoms with Crippen LogP contribution in [0.2, 0.25) is 0 Å². The monoisotopic (exact) mass is 271 g/mol. The number of nitrogens with two attached hydrogens (primary N) is 1.